The molecule has 1 nitrogen and oxygen atoms in total. The monoisotopic (exact) mass is 178 g/mol. The molecule has 1 aliphatic rings. The highest BCUT2D eigenvalue weighted by Crippen LogP contribution is 2.33. The lowest BCUT2D eigenvalue weighted by Gasteiger charge is -2.27. The van der Waals surface area contributed by atoms with Crippen LogP contribution in [-0.4, -0.2) is 5.78 Å². The van der Waals surface area contributed by atoms with Crippen LogP contribution in [0, 0.1) is 11.3 Å². The Balaban J connectivity index is 2.78. The fourth-order valence-corrected chi connectivity index (χ4v) is 1.51. The smallest absolute Gasteiger partial charge is 0.136 e. The summed E-state index contributed by atoms with van der Waals surface area (Å²) < 4.78 is 0. The van der Waals surface area contributed by atoms with E-state index < -0.39 is 0 Å². The van der Waals surface area contributed by atoms with E-state index in [0.717, 1.165) is 6.42 Å². The molecule has 0 aliphatic heterocycles. The topological polar surface area (TPSA) is 17.1 Å². The molecule has 0 amide bonds. The molecule has 1 atom stereocenters. The van der Waals surface area contributed by atoms with Crippen molar-refractivity contribution in [2.45, 2.75) is 34.1 Å². The van der Waals surface area contributed by atoms with Crippen molar-refractivity contribution in [3.8, 4) is 0 Å². The maximum Gasteiger partial charge on any atom is 0.136 e. The van der Waals surface area contributed by atoms with Crippen molar-refractivity contribution in [1.29, 1.82) is 0 Å². The van der Waals surface area contributed by atoms with Crippen molar-refractivity contribution in [2.75, 3.05) is 0 Å². The van der Waals surface area contributed by atoms with Gasteiger partial charge in [0.05, 0.1) is 0 Å². The summed E-state index contributed by atoms with van der Waals surface area (Å²) in [7, 11) is 0. The Bertz CT molecular complexity index is 263. The quantitative estimate of drug-likeness (QED) is 0.603. The predicted molar refractivity (Wildman–Crippen MR) is 55.5 cm³/mol. The standard InChI is InChI=1S/C12H18O/c1-9(13)10-6-5-7-11(8-10)12(2,3)4/h5-7,10H,8H2,1-4H3. The SMILES string of the molecule is CC(=O)C1C=CC=C(C(C)(C)C)C1. The molecule has 13 heavy (non-hydrogen) atoms. The molecule has 0 saturated carbocycles. The van der Waals surface area contributed by atoms with Gasteiger partial charge in [0, 0.05) is 5.92 Å². The van der Waals surface area contributed by atoms with E-state index in [4.69, 9.17) is 0 Å². The van der Waals surface area contributed by atoms with Gasteiger partial charge in [0.25, 0.3) is 0 Å². The molecule has 0 heterocycles. The molecule has 0 saturated heterocycles. The Morgan fingerprint density at radius 2 is 2.08 bits per heavy atom. The van der Waals surface area contributed by atoms with Gasteiger partial charge in [-0.3, -0.25) is 4.79 Å². The number of allylic oxidation sites excluding steroid dienone is 4. The second kappa shape index (κ2) is 3.49. The van der Waals surface area contributed by atoms with Crippen molar-refractivity contribution >= 4 is 5.78 Å². The summed E-state index contributed by atoms with van der Waals surface area (Å²) in [5.41, 5.74) is 1.56. The molecule has 72 valence electrons. The lowest BCUT2D eigenvalue weighted by Crippen LogP contribution is -2.18. The first-order valence-electron chi connectivity index (χ1n) is 4.79. The van der Waals surface area contributed by atoms with Crippen LogP contribution in [0.3, 0.4) is 0 Å². The van der Waals surface area contributed by atoms with Gasteiger partial charge >= 0.3 is 0 Å². The van der Waals surface area contributed by atoms with Gasteiger partial charge in [-0.25, -0.2) is 0 Å². The first kappa shape index (κ1) is 10.2. The summed E-state index contributed by atoms with van der Waals surface area (Å²) in [6, 6.07) is 0. The highest BCUT2D eigenvalue weighted by Gasteiger charge is 2.23. The minimum Gasteiger partial charge on any atom is -0.299 e. The average molecular weight is 178 g/mol. The Morgan fingerprint density at radius 1 is 1.46 bits per heavy atom. The number of rotatable bonds is 1. The molecule has 0 bridgehead atoms. The third kappa shape index (κ3) is 2.55. The molecule has 1 aliphatic carbocycles. The second-order valence-electron chi connectivity index (χ2n) is 4.75. The molecule has 0 aromatic carbocycles. The highest BCUT2D eigenvalue weighted by molar-refractivity contribution is 5.80. The molecule has 0 N–H and O–H groups in total. The van der Waals surface area contributed by atoms with Crippen LogP contribution in [0.25, 0.3) is 0 Å². The third-order valence-corrected chi connectivity index (χ3v) is 2.57. The molecule has 0 aromatic rings. The van der Waals surface area contributed by atoms with Crippen LogP contribution < -0.4 is 0 Å². The molecule has 0 radical (unpaired) electrons. The fourth-order valence-electron chi connectivity index (χ4n) is 1.51. The fraction of sp³-hybridized carbons (Fsp3) is 0.583. The van der Waals surface area contributed by atoms with E-state index in [0.29, 0.717) is 0 Å². The summed E-state index contributed by atoms with van der Waals surface area (Å²) in [4.78, 5) is 11.2. The van der Waals surface area contributed by atoms with E-state index in [1.807, 2.05) is 12.2 Å². The predicted octanol–water partition coefficient (Wildman–Crippen LogP) is 3.12. The Labute approximate surface area is 80.5 Å². The van der Waals surface area contributed by atoms with Crippen LogP contribution >= 0.6 is 0 Å². The number of hydrogen-bond acceptors (Lipinski definition) is 1. The van der Waals surface area contributed by atoms with E-state index in [2.05, 4.69) is 26.8 Å². The Kier molecular flexibility index (Phi) is 2.74. The normalized spacial score (nSPS) is 22.8. The van der Waals surface area contributed by atoms with E-state index in [-0.39, 0.29) is 17.1 Å². The summed E-state index contributed by atoms with van der Waals surface area (Å²) >= 11 is 0. The number of ketones is 1. The Hall–Kier alpha value is -0.850. The number of carbonyl (C=O) groups is 1. The zero-order valence-corrected chi connectivity index (χ0v) is 8.92. The molecule has 1 unspecified atom stereocenters. The maximum absolute atomic E-state index is 11.2. The minimum absolute atomic E-state index is 0.110. The van der Waals surface area contributed by atoms with Gasteiger partial charge in [-0.1, -0.05) is 44.6 Å². The van der Waals surface area contributed by atoms with Crippen molar-refractivity contribution in [1.82, 2.24) is 0 Å². The summed E-state index contributed by atoms with van der Waals surface area (Å²) in [6.07, 6.45) is 7.04. The van der Waals surface area contributed by atoms with Crippen molar-refractivity contribution < 1.29 is 4.79 Å². The molecular formula is C12H18O. The van der Waals surface area contributed by atoms with Gasteiger partial charge in [-0.2, -0.15) is 0 Å². The molecular weight excluding hydrogens is 160 g/mol. The second-order valence-corrected chi connectivity index (χ2v) is 4.75. The van der Waals surface area contributed by atoms with Gasteiger partial charge in [-0.05, 0) is 18.8 Å². The van der Waals surface area contributed by atoms with Crippen LogP contribution in [0.5, 0.6) is 0 Å². The van der Waals surface area contributed by atoms with Crippen molar-refractivity contribution in [2.24, 2.45) is 11.3 Å². The number of hydrogen-bond donors (Lipinski definition) is 0. The van der Waals surface area contributed by atoms with Gasteiger partial charge in [0.2, 0.25) is 0 Å². The molecule has 0 aromatic heterocycles. The number of carbonyl (C=O) groups excluding carboxylic acids is 1. The van der Waals surface area contributed by atoms with E-state index in [9.17, 15) is 4.79 Å². The van der Waals surface area contributed by atoms with Crippen molar-refractivity contribution in [3.63, 3.8) is 0 Å². The van der Waals surface area contributed by atoms with Crippen molar-refractivity contribution in [3.05, 3.63) is 23.8 Å². The zero-order valence-electron chi connectivity index (χ0n) is 8.92. The lowest BCUT2D eigenvalue weighted by atomic mass is 9.78. The van der Waals surface area contributed by atoms with Gasteiger partial charge in [0.15, 0.2) is 0 Å². The van der Waals surface area contributed by atoms with Gasteiger partial charge < -0.3 is 0 Å². The van der Waals surface area contributed by atoms with E-state index in [1.165, 1.54) is 5.57 Å². The highest BCUT2D eigenvalue weighted by atomic mass is 16.1. The third-order valence-electron chi connectivity index (χ3n) is 2.57. The van der Waals surface area contributed by atoms with E-state index >= 15 is 0 Å². The summed E-state index contributed by atoms with van der Waals surface area (Å²) in [5, 5.41) is 0. The van der Waals surface area contributed by atoms with Crippen LogP contribution in [-0.2, 0) is 4.79 Å². The van der Waals surface area contributed by atoms with E-state index in [1.54, 1.807) is 6.92 Å². The average Bonchev–Trinajstić information content (AvgIpc) is 2.03. The zero-order chi connectivity index (χ0) is 10.1. The lowest BCUT2D eigenvalue weighted by molar-refractivity contribution is -0.119. The maximum atomic E-state index is 11.2. The van der Waals surface area contributed by atoms with Gasteiger partial charge in [-0.15, -0.1) is 0 Å². The molecule has 1 heteroatoms. The summed E-state index contributed by atoms with van der Waals surface area (Å²) in [5.74, 6) is 0.380. The molecule has 1 rings (SSSR count). The van der Waals surface area contributed by atoms with Crippen LogP contribution in [0.2, 0.25) is 0 Å². The van der Waals surface area contributed by atoms with Crippen LogP contribution in [0.15, 0.2) is 23.8 Å². The first-order valence-corrected chi connectivity index (χ1v) is 4.79. The molecule has 0 fully saturated rings. The largest absolute Gasteiger partial charge is 0.299 e. The summed E-state index contributed by atoms with van der Waals surface area (Å²) in [6.45, 7) is 8.24. The first-order chi connectivity index (χ1) is 5.91. The van der Waals surface area contributed by atoms with Gasteiger partial charge in [0.1, 0.15) is 5.78 Å². The molecule has 0 spiro atoms. The minimum atomic E-state index is 0.110. The van der Waals surface area contributed by atoms with Crippen LogP contribution in [0.1, 0.15) is 34.1 Å². The number of Topliss-reactive ketones (excluding diaryl/α,β-unsaturated/α-hetero) is 1. The Morgan fingerprint density at radius 3 is 2.54 bits per heavy atom. The van der Waals surface area contributed by atoms with Crippen LogP contribution in [0.4, 0.5) is 0 Å².